The van der Waals surface area contributed by atoms with Gasteiger partial charge < -0.3 is 20.3 Å². The number of nitrogens with one attached hydrogen (secondary N) is 2. The fourth-order valence-electron chi connectivity index (χ4n) is 4.26. The molecule has 2 aromatic carbocycles. The Hall–Kier alpha value is -3.80. The molecule has 1 aromatic heterocycles. The third kappa shape index (κ3) is 5.83. The number of hydrogen-bond donors (Lipinski definition) is 2. The van der Waals surface area contributed by atoms with Gasteiger partial charge in [0.05, 0.1) is 12.7 Å². The predicted octanol–water partition coefficient (Wildman–Crippen LogP) is 3.76. The second-order valence-corrected chi connectivity index (χ2v) is 8.85. The molecule has 1 amide bonds. The molecular weight excluding hydrogens is 440 g/mol. The number of nitrogens with zero attached hydrogens (tertiary/aromatic N) is 4. The van der Waals surface area contributed by atoms with Crippen molar-refractivity contribution in [3.63, 3.8) is 0 Å². The number of carbonyl (C=O) groups excluding carboxylic acids is 1. The molecule has 0 aliphatic carbocycles. The minimum absolute atomic E-state index is 0.161. The lowest BCUT2D eigenvalue weighted by atomic mass is 10.0. The number of piperidine rings is 1. The second-order valence-electron chi connectivity index (χ2n) is 8.85. The van der Waals surface area contributed by atoms with Gasteiger partial charge in [-0.15, -0.1) is 0 Å². The molecule has 0 spiro atoms. The summed E-state index contributed by atoms with van der Waals surface area (Å²) in [4.78, 5) is 24.1. The number of hydrogen-bond acceptors (Lipinski definition) is 7. The zero-order valence-corrected chi connectivity index (χ0v) is 20.2. The smallest absolute Gasteiger partial charge is 0.270 e. The number of likely N-dealkylation sites (tertiary alicyclic amines) is 1. The molecule has 2 heterocycles. The Morgan fingerprint density at radius 1 is 1.26 bits per heavy atom. The van der Waals surface area contributed by atoms with Gasteiger partial charge >= 0.3 is 0 Å². The van der Waals surface area contributed by atoms with Crippen LogP contribution < -0.4 is 10.6 Å². The number of aromatic nitrogens is 2. The van der Waals surface area contributed by atoms with Crippen LogP contribution in [-0.4, -0.2) is 60.6 Å². The summed E-state index contributed by atoms with van der Waals surface area (Å²) in [6.07, 6.45) is 3.48. The summed E-state index contributed by atoms with van der Waals surface area (Å²) in [5, 5.41) is 17.5. The quantitative estimate of drug-likeness (QED) is 0.483. The maximum atomic E-state index is 12.9. The van der Waals surface area contributed by atoms with Crippen LogP contribution in [0.3, 0.4) is 0 Å². The van der Waals surface area contributed by atoms with Crippen LogP contribution in [0.15, 0.2) is 54.7 Å². The van der Waals surface area contributed by atoms with E-state index in [1.54, 1.807) is 19.4 Å². The molecule has 0 bridgehead atoms. The largest absolute Gasteiger partial charge is 0.380 e. The molecule has 35 heavy (non-hydrogen) atoms. The van der Waals surface area contributed by atoms with Crippen LogP contribution in [0, 0.1) is 11.3 Å². The van der Waals surface area contributed by atoms with Crippen LogP contribution in [0.25, 0.3) is 22.2 Å². The normalized spacial score (nSPS) is 14.4. The van der Waals surface area contributed by atoms with Crippen LogP contribution in [0.2, 0.25) is 0 Å². The molecule has 180 valence electrons. The second kappa shape index (κ2) is 11.1. The Labute approximate surface area is 205 Å². The summed E-state index contributed by atoms with van der Waals surface area (Å²) in [7, 11) is 3.74. The average Bonchev–Trinajstić information content (AvgIpc) is 2.89. The average molecular weight is 471 g/mol. The van der Waals surface area contributed by atoms with Crippen molar-refractivity contribution in [2.75, 3.05) is 39.1 Å². The van der Waals surface area contributed by atoms with Gasteiger partial charge in [-0.2, -0.15) is 5.26 Å². The van der Waals surface area contributed by atoms with E-state index in [9.17, 15) is 4.79 Å². The van der Waals surface area contributed by atoms with E-state index in [1.807, 2.05) is 30.3 Å². The van der Waals surface area contributed by atoms with Crippen molar-refractivity contribution in [1.29, 1.82) is 5.26 Å². The monoisotopic (exact) mass is 470 g/mol. The first kappa shape index (κ1) is 24.3. The van der Waals surface area contributed by atoms with Crippen molar-refractivity contribution >= 4 is 22.4 Å². The van der Waals surface area contributed by atoms with Crippen LogP contribution in [0.1, 0.15) is 28.9 Å². The van der Waals surface area contributed by atoms with Crippen molar-refractivity contribution in [2.24, 2.45) is 0 Å². The van der Waals surface area contributed by atoms with E-state index < -0.39 is 0 Å². The van der Waals surface area contributed by atoms with Crippen LogP contribution >= 0.6 is 0 Å². The maximum Gasteiger partial charge on any atom is 0.270 e. The summed E-state index contributed by atoms with van der Waals surface area (Å²) in [5.74, 6) is 0.302. The van der Waals surface area contributed by atoms with Crippen molar-refractivity contribution in [2.45, 2.75) is 25.5 Å². The highest BCUT2D eigenvalue weighted by atomic mass is 16.5. The first-order valence-corrected chi connectivity index (χ1v) is 11.7. The minimum Gasteiger partial charge on any atom is -0.380 e. The highest BCUT2D eigenvalue weighted by Gasteiger charge is 2.20. The molecule has 8 nitrogen and oxygen atoms in total. The van der Waals surface area contributed by atoms with Gasteiger partial charge in [0.15, 0.2) is 5.82 Å². The highest BCUT2D eigenvalue weighted by Crippen LogP contribution is 2.31. The zero-order chi connectivity index (χ0) is 24.8. The molecule has 0 unspecified atom stereocenters. The predicted molar refractivity (Wildman–Crippen MR) is 137 cm³/mol. The molecule has 2 N–H and O–H groups in total. The molecule has 1 fully saturated rings. The van der Waals surface area contributed by atoms with Crippen molar-refractivity contribution in [3.05, 3.63) is 66.0 Å². The van der Waals surface area contributed by atoms with Crippen molar-refractivity contribution < 1.29 is 9.53 Å². The Balaban J connectivity index is 1.63. The number of rotatable bonds is 8. The Morgan fingerprint density at radius 3 is 2.77 bits per heavy atom. The van der Waals surface area contributed by atoms with Gasteiger partial charge in [0.25, 0.3) is 5.91 Å². The molecule has 3 aromatic rings. The lowest BCUT2D eigenvalue weighted by Gasteiger charge is -2.29. The topological polar surface area (TPSA) is 103 Å². The first-order valence-electron chi connectivity index (χ1n) is 11.7. The van der Waals surface area contributed by atoms with Gasteiger partial charge in [-0.25, -0.2) is 9.97 Å². The number of fused-ring (bicyclic) bond motifs is 1. The van der Waals surface area contributed by atoms with Gasteiger partial charge in [-0.05, 0) is 50.5 Å². The molecule has 1 aliphatic rings. The lowest BCUT2D eigenvalue weighted by Crippen LogP contribution is -2.43. The zero-order valence-electron chi connectivity index (χ0n) is 20.2. The maximum absolute atomic E-state index is 12.9. The first-order chi connectivity index (χ1) is 17.0. The lowest BCUT2D eigenvalue weighted by molar-refractivity contribution is 0.0911. The summed E-state index contributed by atoms with van der Waals surface area (Å²) in [6, 6.07) is 13.9. The highest BCUT2D eigenvalue weighted by molar-refractivity contribution is 5.98. The molecule has 8 heteroatoms. The molecule has 1 aliphatic heterocycles. The SMILES string of the molecule is C=C(C#N)CNc1c(COC)ccc2ccc(-c3nccc(C(=O)NC4CCN(C)CC4)n3)cc12. The van der Waals surface area contributed by atoms with E-state index in [2.05, 4.69) is 45.2 Å². The third-order valence-electron chi connectivity index (χ3n) is 6.24. The van der Waals surface area contributed by atoms with Gasteiger partial charge in [0, 0.05) is 53.7 Å². The fraction of sp³-hybridized carbons (Fsp3) is 0.333. The molecule has 1 saturated heterocycles. The minimum atomic E-state index is -0.177. The number of anilines is 1. The molecule has 0 saturated carbocycles. The molecular formula is C27H30N6O2. The number of carbonyl (C=O) groups is 1. The van der Waals surface area contributed by atoms with Crippen molar-refractivity contribution in [3.8, 4) is 17.5 Å². The van der Waals surface area contributed by atoms with E-state index in [1.165, 1.54) is 0 Å². The Kier molecular flexibility index (Phi) is 7.70. The van der Waals surface area contributed by atoms with E-state index in [0.717, 1.165) is 53.5 Å². The van der Waals surface area contributed by atoms with Gasteiger partial charge in [0.1, 0.15) is 5.69 Å². The number of amides is 1. The van der Waals surface area contributed by atoms with Crippen LogP contribution in [0.4, 0.5) is 5.69 Å². The van der Waals surface area contributed by atoms with Gasteiger partial charge in [0.2, 0.25) is 0 Å². The Bertz CT molecular complexity index is 1270. The number of ether oxygens (including phenoxy) is 1. The summed E-state index contributed by atoms with van der Waals surface area (Å²) >= 11 is 0. The van der Waals surface area contributed by atoms with E-state index >= 15 is 0 Å². The third-order valence-corrected chi connectivity index (χ3v) is 6.24. The van der Waals surface area contributed by atoms with E-state index in [-0.39, 0.29) is 11.9 Å². The van der Waals surface area contributed by atoms with Crippen molar-refractivity contribution in [1.82, 2.24) is 20.2 Å². The number of benzene rings is 2. The summed E-state index contributed by atoms with van der Waals surface area (Å²) in [5.41, 5.74) is 3.43. The van der Waals surface area contributed by atoms with E-state index in [0.29, 0.717) is 30.2 Å². The van der Waals surface area contributed by atoms with E-state index in [4.69, 9.17) is 10.00 Å². The standard InChI is InChI=1S/C27H30N6O2/c1-18(15-28)16-30-25-21(17-35-3)7-5-19-4-6-20(14-23(19)25)26-29-11-8-24(32-26)27(34)31-22-9-12-33(2)13-10-22/h4-8,11,14,22,30H,1,9-10,12-13,16-17H2,2-3H3,(H,31,34). The molecule has 0 atom stereocenters. The number of nitriles is 1. The van der Waals surface area contributed by atoms with Crippen LogP contribution in [0.5, 0.6) is 0 Å². The Morgan fingerprint density at radius 2 is 2.03 bits per heavy atom. The summed E-state index contributed by atoms with van der Waals surface area (Å²) < 4.78 is 5.38. The molecule has 0 radical (unpaired) electrons. The number of methoxy groups -OCH3 is 1. The fourth-order valence-corrected chi connectivity index (χ4v) is 4.26. The van der Waals surface area contributed by atoms with Gasteiger partial charge in [-0.3, -0.25) is 4.79 Å². The summed E-state index contributed by atoms with van der Waals surface area (Å²) in [6.45, 7) is 6.46. The van der Waals surface area contributed by atoms with Crippen LogP contribution in [-0.2, 0) is 11.3 Å². The molecule has 4 rings (SSSR count). The van der Waals surface area contributed by atoms with Gasteiger partial charge in [-0.1, -0.05) is 30.8 Å².